The quantitative estimate of drug-likeness (QED) is 0.883. The third kappa shape index (κ3) is 2.91. The van der Waals surface area contributed by atoms with Gasteiger partial charge < -0.3 is 9.84 Å². The van der Waals surface area contributed by atoms with E-state index in [2.05, 4.69) is 24.3 Å². The molecule has 2 rings (SSSR count). The van der Waals surface area contributed by atoms with Crippen molar-refractivity contribution in [1.82, 2.24) is 10.5 Å². The largest absolute Gasteiger partial charge is 0.356 e. The fourth-order valence-corrected chi connectivity index (χ4v) is 1.54. The summed E-state index contributed by atoms with van der Waals surface area (Å²) in [5.74, 6) is 0.438. The lowest BCUT2D eigenvalue weighted by Gasteiger charge is -2.07. The highest BCUT2D eigenvalue weighted by Gasteiger charge is 2.10. The summed E-state index contributed by atoms with van der Waals surface area (Å²) in [6, 6.07) is 6.60. The minimum atomic E-state index is -0.255. The molecule has 1 heterocycles. The minimum absolute atomic E-state index is 0.255. The number of rotatable bonds is 4. The molecule has 0 aliphatic rings. The normalized spacial score (nSPS) is 11.1. The van der Waals surface area contributed by atoms with E-state index in [4.69, 9.17) is 4.52 Å². The molecule has 0 bridgehead atoms. The second-order valence-electron chi connectivity index (χ2n) is 4.22. The minimum Gasteiger partial charge on any atom is -0.356 e. The van der Waals surface area contributed by atoms with Crippen molar-refractivity contribution in [2.75, 3.05) is 0 Å². The first-order valence-electron chi connectivity index (χ1n) is 5.59. The summed E-state index contributed by atoms with van der Waals surface area (Å²) in [5.41, 5.74) is 1.81. The van der Waals surface area contributed by atoms with Gasteiger partial charge in [-0.25, -0.2) is 4.39 Å². The monoisotopic (exact) mass is 234 g/mol. The maximum Gasteiger partial charge on any atom is 0.171 e. The van der Waals surface area contributed by atoms with E-state index in [9.17, 15) is 4.39 Å². The van der Waals surface area contributed by atoms with Crippen molar-refractivity contribution in [2.24, 2.45) is 0 Å². The van der Waals surface area contributed by atoms with Crippen LogP contribution in [-0.2, 0) is 6.54 Å². The van der Waals surface area contributed by atoms with E-state index in [0.29, 0.717) is 18.3 Å². The Bertz CT molecular complexity index is 476. The van der Waals surface area contributed by atoms with E-state index in [1.165, 1.54) is 12.1 Å². The lowest BCUT2D eigenvalue weighted by atomic mass is 10.1. The number of aromatic nitrogens is 1. The van der Waals surface area contributed by atoms with Gasteiger partial charge in [0.15, 0.2) is 5.76 Å². The number of hydrogen-bond acceptors (Lipinski definition) is 3. The molecule has 90 valence electrons. The molecule has 0 aliphatic carbocycles. The van der Waals surface area contributed by atoms with Crippen LogP contribution < -0.4 is 5.32 Å². The van der Waals surface area contributed by atoms with Crippen molar-refractivity contribution in [1.29, 1.82) is 0 Å². The maximum atomic E-state index is 12.8. The average Bonchev–Trinajstić information content (AvgIpc) is 2.75. The lowest BCUT2D eigenvalue weighted by molar-refractivity contribution is 0.431. The van der Waals surface area contributed by atoms with Gasteiger partial charge in [-0.3, -0.25) is 0 Å². The Labute approximate surface area is 99.6 Å². The Morgan fingerprint density at radius 1 is 1.29 bits per heavy atom. The van der Waals surface area contributed by atoms with E-state index >= 15 is 0 Å². The SMILES string of the molecule is CC(C)NCc1cnoc1-c1ccc(F)cc1. The van der Waals surface area contributed by atoms with Crippen molar-refractivity contribution >= 4 is 0 Å². The average molecular weight is 234 g/mol. The van der Waals surface area contributed by atoms with Gasteiger partial charge in [0.2, 0.25) is 0 Å². The summed E-state index contributed by atoms with van der Waals surface area (Å²) < 4.78 is 18.0. The van der Waals surface area contributed by atoms with Gasteiger partial charge in [0.05, 0.1) is 6.20 Å². The fraction of sp³-hybridized carbons (Fsp3) is 0.308. The standard InChI is InChI=1S/C13H15FN2O/c1-9(2)15-7-11-8-16-17-13(11)10-3-5-12(14)6-4-10/h3-6,8-9,15H,7H2,1-2H3. The zero-order valence-corrected chi connectivity index (χ0v) is 9.90. The number of halogens is 1. The van der Waals surface area contributed by atoms with Gasteiger partial charge in [-0.2, -0.15) is 0 Å². The van der Waals surface area contributed by atoms with Crippen LogP contribution in [0.1, 0.15) is 19.4 Å². The molecule has 0 amide bonds. The summed E-state index contributed by atoms with van der Waals surface area (Å²) in [6.07, 6.45) is 1.69. The van der Waals surface area contributed by atoms with Crippen LogP contribution >= 0.6 is 0 Å². The highest BCUT2D eigenvalue weighted by atomic mass is 19.1. The van der Waals surface area contributed by atoms with Crippen LogP contribution in [0.2, 0.25) is 0 Å². The molecule has 0 aliphatic heterocycles. The van der Waals surface area contributed by atoms with Crippen LogP contribution in [0.15, 0.2) is 35.0 Å². The Morgan fingerprint density at radius 3 is 2.65 bits per heavy atom. The van der Waals surface area contributed by atoms with Crippen molar-refractivity contribution < 1.29 is 8.91 Å². The van der Waals surface area contributed by atoms with Gasteiger partial charge in [0, 0.05) is 23.7 Å². The van der Waals surface area contributed by atoms with Gasteiger partial charge in [-0.05, 0) is 24.3 Å². The van der Waals surface area contributed by atoms with E-state index < -0.39 is 0 Å². The molecular weight excluding hydrogens is 219 g/mol. The maximum absolute atomic E-state index is 12.8. The fourth-order valence-electron chi connectivity index (χ4n) is 1.54. The first kappa shape index (κ1) is 11.8. The number of benzene rings is 1. The molecule has 0 saturated carbocycles. The highest BCUT2D eigenvalue weighted by Crippen LogP contribution is 2.23. The third-order valence-corrected chi connectivity index (χ3v) is 2.45. The van der Waals surface area contributed by atoms with Crippen LogP contribution in [0.5, 0.6) is 0 Å². The van der Waals surface area contributed by atoms with E-state index in [-0.39, 0.29) is 5.82 Å². The van der Waals surface area contributed by atoms with E-state index in [0.717, 1.165) is 11.1 Å². The Hall–Kier alpha value is -1.68. The van der Waals surface area contributed by atoms with Crippen LogP contribution in [0.3, 0.4) is 0 Å². The molecule has 0 radical (unpaired) electrons. The predicted octanol–water partition coefficient (Wildman–Crippen LogP) is 2.98. The highest BCUT2D eigenvalue weighted by molar-refractivity contribution is 5.60. The topological polar surface area (TPSA) is 38.1 Å². The van der Waals surface area contributed by atoms with Gasteiger partial charge >= 0.3 is 0 Å². The molecule has 3 nitrogen and oxygen atoms in total. The molecule has 1 aromatic heterocycles. The van der Waals surface area contributed by atoms with Gasteiger partial charge in [0.1, 0.15) is 5.82 Å². The summed E-state index contributed by atoms with van der Waals surface area (Å²) >= 11 is 0. The molecule has 1 N–H and O–H groups in total. The Kier molecular flexibility index (Phi) is 3.54. The predicted molar refractivity (Wildman–Crippen MR) is 63.9 cm³/mol. The van der Waals surface area contributed by atoms with Crippen LogP contribution in [0.25, 0.3) is 11.3 Å². The second-order valence-corrected chi connectivity index (χ2v) is 4.22. The number of hydrogen-bond donors (Lipinski definition) is 1. The van der Waals surface area contributed by atoms with Crippen LogP contribution in [0.4, 0.5) is 4.39 Å². The molecule has 0 unspecified atom stereocenters. The van der Waals surface area contributed by atoms with E-state index in [1.807, 2.05) is 0 Å². The van der Waals surface area contributed by atoms with Gasteiger partial charge in [-0.1, -0.05) is 19.0 Å². The molecule has 2 aromatic rings. The van der Waals surface area contributed by atoms with Crippen LogP contribution in [-0.4, -0.2) is 11.2 Å². The van der Waals surface area contributed by atoms with Crippen molar-refractivity contribution in [2.45, 2.75) is 26.4 Å². The molecule has 0 fully saturated rings. The summed E-state index contributed by atoms with van der Waals surface area (Å²) in [5, 5.41) is 7.09. The molecule has 0 atom stereocenters. The van der Waals surface area contributed by atoms with Gasteiger partial charge in [0.25, 0.3) is 0 Å². The summed E-state index contributed by atoms with van der Waals surface area (Å²) in [7, 11) is 0. The summed E-state index contributed by atoms with van der Waals surface area (Å²) in [4.78, 5) is 0. The molecular formula is C13H15FN2O. The Morgan fingerprint density at radius 2 is 2.00 bits per heavy atom. The van der Waals surface area contributed by atoms with Crippen molar-refractivity contribution in [3.8, 4) is 11.3 Å². The molecule has 0 spiro atoms. The molecule has 4 heteroatoms. The molecule has 17 heavy (non-hydrogen) atoms. The lowest BCUT2D eigenvalue weighted by Crippen LogP contribution is -2.21. The molecule has 0 saturated heterocycles. The smallest absolute Gasteiger partial charge is 0.171 e. The van der Waals surface area contributed by atoms with E-state index in [1.54, 1.807) is 18.3 Å². The van der Waals surface area contributed by atoms with Gasteiger partial charge in [-0.15, -0.1) is 0 Å². The summed E-state index contributed by atoms with van der Waals surface area (Å²) in [6.45, 7) is 4.84. The van der Waals surface area contributed by atoms with Crippen molar-refractivity contribution in [3.63, 3.8) is 0 Å². The number of nitrogens with zero attached hydrogens (tertiary/aromatic N) is 1. The van der Waals surface area contributed by atoms with Crippen molar-refractivity contribution in [3.05, 3.63) is 41.8 Å². The zero-order chi connectivity index (χ0) is 12.3. The first-order valence-corrected chi connectivity index (χ1v) is 5.59. The second kappa shape index (κ2) is 5.10. The zero-order valence-electron chi connectivity index (χ0n) is 9.90. The van der Waals surface area contributed by atoms with Crippen LogP contribution in [0, 0.1) is 5.82 Å². The molecule has 1 aromatic carbocycles. The third-order valence-electron chi connectivity index (χ3n) is 2.45. The number of nitrogens with one attached hydrogen (secondary N) is 1. The Balaban J connectivity index is 2.21. The first-order chi connectivity index (χ1) is 8.16.